The van der Waals surface area contributed by atoms with Crippen LogP contribution in [-0.4, -0.2) is 50.0 Å². The molecule has 9 heteroatoms. The Morgan fingerprint density at radius 2 is 1.92 bits per heavy atom. The van der Waals surface area contributed by atoms with Crippen LogP contribution in [0, 0.1) is 0 Å². The lowest BCUT2D eigenvalue weighted by atomic mass is 10.2. The summed E-state index contributed by atoms with van der Waals surface area (Å²) in [4.78, 5) is 25.4. The minimum atomic E-state index is -3.85. The Hall–Kier alpha value is -2.81. The van der Waals surface area contributed by atoms with Crippen molar-refractivity contribution in [3.05, 3.63) is 47.8 Å². The molecular formula is C17H19N3O5S. The lowest BCUT2D eigenvalue weighted by Crippen LogP contribution is -2.39. The number of nitrogens with one attached hydrogen (secondary N) is 1. The van der Waals surface area contributed by atoms with E-state index >= 15 is 0 Å². The Kier molecular flexibility index (Phi) is 4.73. The quantitative estimate of drug-likeness (QED) is 0.798. The van der Waals surface area contributed by atoms with Crippen LogP contribution in [0.5, 0.6) is 0 Å². The fraction of sp³-hybridized carbons (Fsp3) is 0.294. The van der Waals surface area contributed by atoms with Crippen LogP contribution in [0.25, 0.3) is 0 Å². The van der Waals surface area contributed by atoms with Crippen LogP contribution in [0.2, 0.25) is 0 Å². The molecule has 1 aromatic carbocycles. The molecule has 3 rings (SSSR count). The predicted octanol–water partition coefficient (Wildman–Crippen LogP) is 1.55. The molecule has 0 atom stereocenters. The third-order valence-electron chi connectivity index (χ3n) is 4.24. The molecule has 2 heterocycles. The number of methoxy groups -OCH3 is 1. The van der Waals surface area contributed by atoms with E-state index in [1.54, 1.807) is 9.47 Å². The molecule has 1 aromatic heterocycles. The van der Waals surface area contributed by atoms with Gasteiger partial charge in [0.15, 0.2) is 0 Å². The first kappa shape index (κ1) is 18.0. The van der Waals surface area contributed by atoms with Gasteiger partial charge in [0.1, 0.15) is 10.6 Å². The Balaban J connectivity index is 1.83. The van der Waals surface area contributed by atoms with E-state index < -0.39 is 16.0 Å². The molecule has 26 heavy (non-hydrogen) atoms. The van der Waals surface area contributed by atoms with Crippen molar-refractivity contribution < 1.29 is 22.7 Å². The molecule has 1 N–H and O–H groups in total. The molecule has 1 aliphatic rings. The van der Waals surface area contributed by atoms with Gasteiger partial charge in [-0.05, 0) is 37.3 Å². The average molecular weight is 377 g/mol. The first-order chi connectivity index (χ1) is 12.4. The number of carbonyl (C=O) groups excluding carboxylic acids is 2. The van der Waals surface area contributed by atoms with Crippen molar-refractivity contribution in [2.24, 2.45) is 0 Å². The maximum absolute atomic E-state index is 12.6. The van der Waals surface area contributed by atoms with Crippen molar-refractivity contribution in [1.29, 1.82) is 0 Å². The number of hydrogen-bond acceptors (Lipinski definition) is 5. The van der Waals surface area contributed by atoms with Crippen LogP contribution in [0.15, 0.2) is 41.4 Å². The smallest absolute Gasteiger partial charge is 0.337 e. The van der Waals surface area contributed by atoms with E-state index in [2.05, 4.69) is 9.46 Å². The van der Waals surface area contributed by atoms with E-state index in [0.717, 1.165) is 0 Å². The molecule has 8 nitrogen and oxygen atoms in total. The molecule has 138 valence electrons. The topological polar surface area (TPSA) is 97.7 Å². The molecule has 0 radical (unpaired) electrons. The minimum Gasteiger partial charge on any atom is -0.465 e. The second kappa shape index (κ2) is 6.83. The lowest BCUT2D eigenvalue weighted by molar-refractivity contribution is 0.0600. The van der Waals surface area contributed by atoms with Crippen LogP contribution >= 0.6 is 0 Å². The molecule has 2 aromatic rings. The Labute approximate surface area is 151 Å². The van der Waals surface area contributed by atoms with Gasteiger partial charge in [-0.1, -0.05) is 0 Å². The summed E-state index contributed by atoms with van der Waals surface area (Å²) in [6.45, 7) is 3.57. The van der Waals surface area contributed by atoms with Gasteiger partial charge < -0.3 is 14.2 Å². The monoisotopic (exact) mass is 377 g/mol. The summed E-state index contributed by atoms with van der Waals surface area (Å²) in [6.07, 6.45) is 1.46. The number of esters is 1. The fourth-order valence-electron chi connectivity index (χ4n) is 2.79. The fourth-order valence-corrected chi connectivity index (χ4v) is 3.89. The maximum Gasteiger partial charge on any atom is 0.337 e. The van der Waals surface area contributed by atoms with Crippen molar-refractivity contribution >= 4 is 27.6 Å². The summed E-state index contributed by atoms with van der Waals surface area (Å²) in [5, 5.41) is 0. The predicted molar refractivity (Wildman–Crippen MR) is 94.6 cm³/mol. The second-order valence-electron chi connectivity index (χ2n) is 5.81. The average Bonchev–Trinajstić information content (AvgIpc) is 3.08. The van der Waals surface area contributed by atoms with Gasteiger partial charge >= 0.3 is 5.97 Å². The van der Waals surface area contributed by atoms with Gasteiger partial charge in [0.05, 0.1) is 12.7 Å². The largest absolute Gasteiger partial charge is 0.465 e. The van der Waals surface area contributed by atoms with Crippen LogP contribution in [0.4, 0.5) is 5.69 Å². The van der Waals surface area contributed by atoms with E-state index in [9.17, 15) is 18.0 Å². The van der Waals surface area contributed by atoms with Gasteiger partial charge in [0.2, 0.25) is 0 Å². The zero-order chi connectivity index (χ0) is 18.9. The summed E-state index contributed by atoms with van der Waals surface area (Å²) in [7, 11) is -2.58. The molecular weight excluding hydrogens is 358 g/mol. The highest BCUT2D eigenvalue weighted by Crippen LogP contribution is 2.22. The Morgan fingerprint density at radius 1 is 1.23 bits per heavy atom. The molecule has 0 spiro atoms. The molecule has 1 aliphatic heterocycles. The van der Waals surface area contributed by atoms with Gasteiger partial charge in [-0.2, -0.15) is 0 Å². The molecule has 0 unspecified atom stereocenters. The Bertz CT molecular complexity index is 947. The number of aromatic nitrogens is 1. The highest BCUT2D eigenvalue weighted by atomic mass is 32.2. The van der Waals surface area contributed by atoms with Crippen molar-refractivity contribution in [2.45, 2.75) is 18.4 Å². The normalized spacial score (nSPS) is 14.1. The first-order valence-corrected chi connectivity index (χ1v) is 9.54. The van der Waals surface area contributed by atoms with Crippen molar-refractivity contribution in [2.75, 3.05) is 24.9 Å². The number of carbonyl (C=O) groups is 2. The van der Waals surface area contributed by atoms with Crippen molar-refractivity contribution in [1.82, 2.24) is 9.47 Å². The number of rotatable bonds is 5. The maximum atomic E-state index is 12.6. The standard InChI is InChI=1S/C17H19N3O5S/c1-3-19-8-9-20-11-14(10-15(20)16(19)21)26(23,24)18-13-6-4-12(5-7-13)17(22)25-2/h4-7,10-11,18H,3,8-9H2,1-2H3. The van der Waals surface area contributed by atoms with Gasteiger partial charge in [0, 0.05) is 31.5 Å². The number of nitrogens with zero attached hydrogens (tertiary/aromatic N) is 2. The number of hydrogen-bond donors (Lipinski definition) is 1. The van der Waals surface area contributed by atoms with Gasteiger partial charge in [-0.3, -0.25) is 9.52 Å². The molecule has 0 saturated carbocycles. The third kappa shape index (κ3) is 3.30. The van der Waals surface area contributed by atoms with Gasteiger partial charge in [-0.15, -0.1) is 0 Å². The van der Waals surface area contributed by atoms with Crippen LogP contribution in [0.3, 0.4) is 0 Å². The number of sulfonamides is 1. The molecule has 0 fully saturated rings. The molecule has 0 saturated heterocycles. The van der Waals surface area contributed by atoms with Crippen molar-refractivity contribution in [3.8, 4) is 0 Å². The third-order valence-corrected chi connectivity index (χ3v) is 5.59. The summed E-state index contributed by atoms with van der Waals surface area (Å²) >= 11 is 0. The summed E-state index contributed by atoms with van der Waals surface area (Å²) in [5.74, 6) is -0.680. The molecule has 0 aliphatic carbocycles. The first-order valence-electron chi connectivity index (χ1n) is 8.06. The highest BCUT2D eigenvalue weighted by Gasteiger charge is 2.27. The van der Waals surface area contributed by atoms with Crippen LogP contribution in [0.1, 0.15) is 27.8 Å². The van der Waals surface area contributed by atoms with E-state index in [0.29, 0.717) is 36.6 Å². The van der Waals surface area contributed by atoms with Crippen molar-refractivity contribution in [3.63, 3.8) is 0 Å². The number of likely N-dealkylation sites (N-methyl/N-ethyl adjacent to an activating group) is 1. The zero-order valence-electron chi connectivity index (χ0n) is 14.4. The number of anilines is 1. The Morgan fingerprint density at radius 3 is 2.54 bits per heavy atom. The van der Waals surface area contributed by atoms with E-state index in [4.69, 9.17) is 0 Å². The van der Waals surface area contributed by atoms with E-state index in [1.165, 1.54) is 43.6 Å². The lowest BCUT2D eigenvalue weighted by Gasteiger charge is -2.26. The van der Waals surface area contributed by atoms with Crippen LogP contribution in [-0.2, 0) is 21.3 Å². The summed E-state index contributed by atoms with van der Waals surface area (Å²) in [6, 6.07) is 7.27. The molecule has 1 amide bonds. The number of benzene rings is 1. The number of ether oxygens (including phenoxy) is 1. The highest BCUT2D eigenvalue weighted by molar-refractivity contribution is 7.92. The minimum absolute atomic E-state index is 0.0239. The van der Waals surface area contributed by atoms with E-state index in [-0.39, 0.29) is 10.8 Å². The number of fused-ring (bicyclic) bond motifs is 1. The summed E-state index contributed by atoms with van der Waals surface area (Å²) < 4.78 is 33.9. The zero-order valence-corrected chi connectivity index (χ0v) is 15.2. The van der Waals surface area contributed by atoms with E-state index in [1.807, 2.05) is 6.92 Å². The van der Waals surface area contributed by atoms with Gasteiger partial charge in [-0.25, -0.2) is 13.2 Å². The molecule has 0 bridgehead atoms. The van der Waals surface area contributed by atoms with Gasteiger partial charge in [0.25, 0.3) is 15.9 Å². The SMILES string of the molecule is CCN1CCn2cc(S(=O)(=O)Nc3ccc(C(=O)OC)cc3)cc2C1=O. The summed E-state index contributed by atoms with van der Waals surface area (Å²) in [5.41, 5.74) is 0.989. The number of amides is 1. The second-order valence-corrected chi connectivity index (χ2v) is 7.50. The van der Waals surface area contributed by atoms with Crippen LogP contribution < -0.4 is 4.72 Å².